The molecule has 3 heterocycles. The highest BCUT2D eigenvalue weighted by Crippen LogP contribution is 2.64. The summed E-state index contributed by atoms with van der Waals surface area (Å²) in [4.78, 5) is 27.7. The summed E-state index contributed by atoms with van der Waals surface area (Å²) in [6, 6.07) is 37.2. The van der Waals surface area contributed by atoms with Crippen LogP contribution in [0, 0.1) is 0 Å². The van der Waals surface area contributed by atoms with E-state index in [9.17, 15) is 4.89 Å². The van der Waals surface area contributed by atoms with Crippen molar-refractivity contribution in [1.29, 1.82) is 0 Å². The minimum atomic E-state index is -4.03. The molecular weight excluding hydrogens is 1200 g/mol. The summed E-state index contributed by atoms with van der Waals surface area (Å²) in [7, 11) is -4.03. The Morgan fingerprint density at radius 2 is 0.600 bits per heavy atom. The summed E-state index contributed by atoms with van der Waals surface area (Å²) < 4.78 is 40.0. The number of hydrogen-bond donors (Lipinski definition) is 4. The zero-order chi connectivity index (χ0) is 65.8. The van der Waals surface area contributed by atoms with Crippen LogP contribution in [-0.4, -0.2) is 76.1 Å². The molecule has 3 aromatic heterocycles. The zero-order valence-corrected chi connectivity index (χ0v) is 59.2. The van der Waals surface area contributed by atoms with Gasteiger partial charge in [-0.2, -0.15) is 4.89 Å². The fraction of sp³-hybridized carbons (Fsp3) is 0.593. The Kier molecular flexibility index (Phi) is 32.5. The summed E-state index contributed by atoms with van der Waals surface area (Å²) in [6.07, 6.45) is 46.5. The molecule has 3 fully saturated rings. The van der Waals surface area contributed by atoms with Crippen LogP contribution in [0.15, 0.2) is 128 Å². The molecule has 518 valence electrons. The van der Waals surface area contributed by atoms with Gasteiger partial charge in [0.15, 0.2) is 0 Å². The Labute approximate surface area is 572 Å². The zero-order valence-electron chi connectivity index (χ0n) is 58.4. The molecule has 6 aromatic rings. The van der Waals surface area contributed by atoms with Crippen LogP contribution < -0.4 is 30.2 Å². The van der Waals surface area contributed by atoms with Gasteiger partial charge in [0.1, 0.15) is 53.0 Å². The van der Waals surface area contributed by atoms with Crippen molar-refractivity contribution in [2.45, 2.75) is 288 Å². The first-order valence-electron chi connectivity index (χ1n) is 37.9. The summed E-state index contributed by atoms with van der Waals surface area (Å²) >= 11 is 0. The van der Waals surface area contributed by atoms with Crippen LogP contribution in [0.2, 0.25) is 0 Å². The van der Waals surface area contributed by atoms with Gasteiger partial charge in [-0.05, 0) is 183 Å². The third-order valence-electron chi connectivity index (χ3n) is 19.5. The second-order valence-electron chi connectivity index (χ2n) is 27.3. The van der Waals surface area contributed by atoms with Gasteiger partial charge < -0.3 is 30.2 Å². The van der Waals surface area contributed by atoms with Crippen molar-refractivity contribution in [3.05, 3.63) is 128 Å². The Morgan fingerprint density at radius 3 is 0.884 bits per heavy atom. The molecule has 0 saturated heterocycles. The van der Waals surface area contributed by atoms with Crippen molar-refractivity contribution in [3.63, 3.8) is 0 Å². The molecule has 3 aromatic carbocycles. The lowest BCUT2D eigenvalue weighted by Crippen LogP contribution is -2.37. The van der Waals surface area contributed by atoms with Crippen molar-refractivity contribution in [2.75, 3.05) is 35.8 Å². The van der Waals surface area contributed by atoms with Crippen LogP contribution in [0.3, 0.4) is 0 Å². The van der Waals surface area contributed by atoms with E-state index in [1.54, 1.807) is 0 Å². The van der Waals surface area contributed by atoms with E-state index in [4.69, 9.17) is 42.7 Å². The van der Waals surface area contributed by atoms with E-state index in [2.05, 4.69) is 146 Å². The number of nitrogens with zero attached hydrogens (tertiary/aromatic N) is 3. The van der Waals surface area contributed by atoms with Gasteiger partial charge in [0, 0.05) is 18.6 Å². The minimum Gasteiger partial charge on any atom is -0.494 e. The van der Waals surface area contributed by atoms with Gasteiger partial charge in [0.2, 0.25) is 0 Å². The van der Waals surface area contributed by atoms with Crippen LogP contribution in [-0.2, 0) is 13.6 Å². The fourth-order valence-corrected chi connectivity index (χ4v) is 15.9. The van der Waals surface area contributed by atoms with E-state index in [-0.39, 0.29) is 18.1 Å². The average Bonchev–Trinajstić information content (AvgIpc) is 1.79. The lowest BCUT2D eigenvalue weighted by atomic mass is 10.1. The maximum atomic E-state index is 13.2. The van der Waals surface area contributed by atoms with Gasteiger partial charge >= 0.3 is 8.17 Å². The third-order valence-corrected chi connectivity index (χ3v) is 21.1. The molecular formula is C81H118N6O7P+. The largest absolute Gasteiger partial charge is 0.573 e. The number of unbranched alkanes of at least 4 members (excludes halogenated alkanes) is 24. The van der Waals surface area contributed by atoms with E-state index >= 15 is 0 Å². The first-order valence-corrected chi connectivity index (χ1v) is 39.4. The van der Waals surface area contributed by atoms with Crippen molar-refractivity contribution in [3.8, 4) is 50.6 Å². The molecule has 9 rings (SSSR count). The molecule has 0 unspecified atom stereocenters. The van der Waals surface area contributed by atoms with Gasteiger partial charge in [-0.15, -0.1) is 13.6 Å². The predicted molar refractivity (Wildman–Crippen MR) is 395 cm³/mol. The topological polar surface area (TPSA) is 150 Å². The number of ether oxygens (including phenoxy) is 3. The molecule has 13 nitrogen and oxygen atoms in total. The third kappa shape index (κ3) is 25.8. The van der Waals surface area contributed by atoms with E-state index in [1.807, 2.05) is 18.6 Å². The summed E-state index contributed by atoms with van der Waals surface area (Å²) in [6.45, 7) is 8.98. The highest BCUT2D eigenvalue weighted by Gasteiger charge is 2.57. The van der Waals surface area contributed by atoms with Gasteiger partial charge in [0.25, 0.3) is 0 Å². The minimum absolute atomic E-state index is 0.144. The number of aromatic nitrogens is 3. The number of anilines is 3. The van der Waals surface area contributed by atoms with E-state index in [0.29, 0.717) is 0 Å². The highest BCUT2D eigenvalue weighted by atomic mass is 31.2. The van der Waals surface area contributed by atoms with E-state index < -0.39 is 26.5 Å². The first kappa shape index (κ1) is 73.4. The quantitative estimate of drug-likeness (QED) is 0.0212. The molecule has 14 heteroatoms. The second kappa shape index (κ2) is 42.1. The molecule has 95 heavy (non-hydrogen) atoms. The summed E-state index contributed by atoms with van der Waals surface area (Å²) in [5, 5.41) is 11.2. The Bertz CT molecular complexity index is 2760. The maximum absolute atomic E-state index is 13.2. The monoisotopic (exact) mass is 1320 g/mol. The van der Waals surface area contributed by atoms with Crippen molar-refractivity contribution in [1.82, 2.24) is 15.0 Å². The molecule has 6 atom stereocenters. The van der Waals surface area contributed by atoms with Gasteiger partial charge in [-0.25, -0.2) is 15.0 Å². The number of benzene rings is 3. The van der Waals surface area contributed by atoms with Crippen LogP contribution >= 0.6 is 8.17 Å². The smallest absolute Gasteiger partial charge is 0.494 e. The van der Waals surface area contributed by atoms with Gasteiger partial charge in [-0.3, -0.25) is 0 Å². The predicted octanol–water partition coefficient (Wildman–Crippen LogP) is 22.7. The van der Waals surface area contributed by atoms with Crippen LogP contribution in [0.4, 0.5) is 17.5 Å². The lowest BCUT2D eigenvalue weighted by molar-refractivity contribution is 0.00374. The van der Waals surface area contributed by atoms with Crippen molar-refractivity contribution < 1.29 is 32.7 Å². The Balaban J connectivity index is 0.846. The average molecular weight is 1320 g/mol. The van der Waals surface area contributed by atoms with Crippen molar-refractivity contribution >= 4 is 25.6 Å². The fourth-order valence-electron chi connectivity index (χ4n) is 14.0. The standard InChI is InChI=1S/C81H118N6O7P/c1-4-7-10-13-16-19-22-25-28-55-89-70-40-31-37-64(58-70)67-49-52-82-79(61-67)85-73-43-34-46-76(73)92-95(88,93-77-47-35-44-74(77)86-80-62-68(50-53-83-80)65-38-32-41-71(59-65)90-56-29-26-23-20-17-14-11-8-5-2)94-78-48-36-45-75(78)87-81-63-69(51-54-84-81)66-39-33-42-72(60-66)91-57-30-27-24-21-18-15-12-9-6-3/h31-33,37-42,49-54,58-63,73-78,88H,4-30,34-36,43-48,55-57H2,1-3H3,(H,82,85)(H,83,86)(H,84,87)/q+1/t73-,74-,75-,76+,77+,78+/m1/s1. The number of rotatable bonds is 48. The number of pyridine rings is 3. The lowest BCUT2D eigenvalue weighted by Gasteiger charge is -2.29. The summed E-state index contributed by atoms with van der Waals surface area (Å²) in [5.41, 5.74) is 6.36. The van der Waals surface area contributed by atoms with Gasteiger partial charge in [-0.1, -0.05) is 211 Å². The molecule has 4 N–H and O–H groups in total. The highest BCUT2D eigenvalue weighted by molar-refractivity contribution is 7.55. The van der Waals surface area contributed by atoms with Gasteiger partial charge in [0.05, 0.1) is 37.9 Å². The molecule has 3 saturated carbocycles. The van der Waals surface area contributed by atoms with E-state index in [0.717, 1.165) is 165 Å². The van der Waals surface area contributed by atoms with E-state index in [1.165, 1.54) is 154 Å². The molecule has 3 aliphatic rings. The van der Waals surface area contributed by atoms with Crippen molar-refractivity contribution in [2.24, 2.45) is 0 Å². The number of hydrogen-bond acceptors (Lipinski definition) is 13. The summed E-state index contributed by atoms with van der Waals surface area (Å²) in [5.74, 6) is 4.89. The molecule has 0 bridgehead atoms. The Hall–Kier alpha value is -5.82. The van der Waals surface area contributed by atoms with Crippen LogP contribution in [0.25, 0.3) is 33.4 Å². The SMILES string of the molecule is CCCCCCCCCCCOc1cccc(-c2ccnc(N[C@@H]3CCC[C@@H]3O[P+](O)(O[C@H]3CCC[C@H]3Nc3cc(-c4cccc(OCCCCCCCCCCC)c4)ccn3)O[C@H]3CCC[C@H]3Nc3cc(-c4cccc(OCCCCCCCCCCC)c4)ccn3)c2)c1. The molecule has 0 amide bonds. The molecule has 0 aliphatic heterocycles. The molecule has 3 aliphatic carbocycles. The normalized spacial score (nSPS) is 18.7. The maximum Gasteiger partial charge on any atom is 0.573 e. The molecule has 0 spiro atoms. The molecule has 0 radical (unpaired) electrons. The second-order valence-corrected chi connectivity index (χ2v) is 28.9. The first-order chi connectivity index (χ1) is 46.8. The number of nitrogens with one attached hydrogen (secondary N) is 3. The Morgan fingerprint density at radius 1 is 0.337 bits per heavy atom. The van der Waals surface area contributed by atoms with Crippen LogP contribution in [0.1, 0.15) is 252 Å². The van der Waals surface area contributed by atoms with Crippen LogP contribution in [0.5, 0.6) is 17.2 Å².